The minimum atomic E-state index is 0.00339. The summed E-state index contributed by atoms with van der Waals surface area (Å²) in [5.41, 5.74) is 0.563. The van der Waals surface area contributed by atoms with Crippen molar-refractivity contribution in [2.75, 3.05) is 18.1 Å². The summed E-state index contributed by atoms with van der Waals surface area (Å²) < 4.78 is 6.00. The predicted molar refractivity (Wildman–Crippen MR) is 76.2 cm³/mol. The first-order valence-electron chi connectivity index (χ1n) is 7.74. The summed E-state index contributed by atoms with van der Waals surface area (Å²) in [5, 5.41) is 3.33. The van der Waals surface area contributed by atoms with Crippen LogP contribution in [0.5, 0.6) is 0 Å². The summed E-state index contributed by atoms with van der Waals surface area (Å²) >= 11 is 2.03. The number of rotatable bonds is 2. The second kappa shape index (κ2) is 4.39. The van der Waals surface area contributed by atoms with Gasteiger partial charge in [-0.05, 0) is 49.0 Å². The van der Waals surface area contributed by atoms with Crippen molar-refractivity contribution >= 4 is 17.7 Å². The first-order valence-corrected chi connectivity index (χ1v) is 8.89. The molecule has 2 aliphatic heterocycles. The van der Waals surface area contributed by atoms with Gasteiger partial charge < -0.3 is 10.1 Å². The monoisotopic (exact) mass is 281 g/mol. The van der Waals surface area contributed by atoms with Gasteiger partial charge in [-0.2, -0.15) is 11.8 Å². The Balaban J connectivity index is 1.35. The molecule has 106 valence electrons. The topological polar surface area (TPSA) is 38.3 Å². The highest BCUT2D eigenvalue weighted by atomic mass is 32.2. The number of ether oxygens (including phenoxy) is 1. The van der Waals surface area contributed by atoms with Crippen LogP contribution in [0.3, 0.4) is 0 Å². The fourth-order valence-electron chi connectivity index (χ4n) is 4.50. The summed E-state index contributed by atoms with van der Waals surface area (Å²) in [6.07, 6.45) is 8.08. The third-order valence-electron chi connectivity index (χ3n) is 5.74. The van der Waals surface area contributed by atoms with Crippen molar-refractivity contribution < 1.29 is 9.53 Å². The summed E-state index contributed by atoms with van der Waals surface area (Å²) in [6, 6.07) is 0.287. The van der Waals surface area contributed by atoms with Crippen molar-refractivity contribution in [3.8, 4) is 0 Å². The molecule has 2 saturated carbocycles. The lowest BCUT2D eigenvalue weighted by Gasteiger charge is -2.53. The Morgan fingerprint density at radius 1 is 1.21 bits per heavy atom. The Morgan fingerprint density at radius 2 is 1.95 bits per heavy atom. The van der Waals surface area contributed by atoms with Crippen LogP contribution < -0.4 is 5.32 Å². The smallest absolute Gasteiger partial charge is 0.223 e. The van der Waals surface area contributed by atoms with Gasteiger partial charge in [0.25, 0.3) is 0 Å². The van der Waals surface area contributed by atoms with Crippen LogP contribution >= 0.6 is 11.8 Å². The standard InChI is InChI=1S/C15H23NO2S/c17-13(11-7-14(8-11)9-19-10-14)16-12-3-6-18-15(12)4-1-2-5-15/h11-12H,1-10H2,(H,16,17). The third-order valence-corrected chi connectivity index (χ3v) is 7.38. The molecule has 4 heteroatoms. The molecule has 2 aliphatic carbocycles. The van der Waals surface area contributed by atoms with E-state index in [1.165, 1.54) is 24.3 Å². The molecule has 2 saturated heterocycles. The zero-order valence-electron chi connectivity index (χ0n) is 11.5. The van der Waals surface area contributed by atoms with Crippen LogP contribution in [0.25, 0.3) is 0 Å². The Morgan fingerprint density at radius 3 is 2.58 bits per heavy atom. The largest absolute Gasteiger partial charge is 0.373 e. The molecule has 2 heterocycles. The van der Waals surface area contributed by atoms with Crippen LogP contribution in [0.15, 0.2) is 0 Å². The highest BCUT2D eigenvalue weighted by Gasteiger charge is 2.53. The SMILES string of the molecule is O=C(NC1CCOC12CCCC2)C1CC2(CSC2)C1. The predicted octanol–water partition coefficient (Wildman–Crippen LogP) is 2.35. The average molecular weight is 281 g/mol. The van der Waals surface area contributed by atoms with Crippen LogP contribution in [-0.2, 0) is 9.53 Å². The van der Waals surface area contributed by atoms with Gasteiger partial charge in [0.15, 0.2) is 0 Å². The quantitative estimate of drug-likeness (QED) is 0.844. The number of hydrogen-bond donors (Lipinski definition) is 1. The van der Waals surface area contributed by atoms with Crippen LogP contribution in [0, 0.1) is 11.3 Å². The number of nitrogens with one attached hydrogen (secondary N) is 1. The highest BCUT2D eigenvalue weighted by molar-refractivity contribution is 8.00. The van der Waals surface area contributed by atoms with Crippen molar-refractivity contribution in [2.24, 2.45) is 11.3 Å². The van der Waals surface area contributed by atoms with Gasteiger partial charge in [-0.1, -0.05) is 12.8 Å². The van der Waals surface area contributed by atoms with E-state index in [2.05, 4.69) is 5.32 Å². The van der Waals surface area contributed by atoms with Crippen LogP contribution in [0.2, 0.25) is 0 Å². The second-order valence-corrected chi connectivity index (χ2v) is 8.05. The normalized spacial score (nSPS) is 35.3. The molecule has 4 fully saturated rings. The highest BCUT2D eigenvalue weighted by Crippen LogP contribution is 2.56. The molecule has 0 aromatic heterocycles. The minimum absolute atomic E-state index is 0.00339. The molecule has 4 aliphatic rings. The Kier molecular flexibility index (Phi) is 2.89. The Bertz CT molecular complexity index is 374. The van der Waals surface area contributed by atoms with E-state index in [1.807, 2.05) is 11.8 Å². The molecule has 3 nitrogen and oxygen atoms in total. The molecule has 1 atom stereocenters. The van der Waals surface area contributed by atoms with Crippen molar-refractivity contribution in [3.63, 3.8) is 0 Å². The Labute approximate surface area is 119 Å². The first kappa shape index (κ1) is 12.5. The molecule has 0 aromatic rings. The van der Waals surface area contributed by atoms with Crippen LogP contribution in [-0.4, -0.2) is 35.7 Å². The molecule has 1 unspecified atom stereocenters. The minimum Gasteiger partial charge on any atom is -0.373 e. The van der Waals surface area contributed by atoms with E-state index >= 15 is 0 Å². The van der Waals surface area contributed by atoms with E-state index in [9.17, 15) is 4.79 Å². The van der Waals surface area contributed by atoms with Crippen LogP contribution in [0.4, 0.5) is 0 Å². The molecule has 4 rings (SSSR count). The lowest BCUT2D eigenvalue weighted by atomic mass is 9.63. The van der Waals surface area contributed by atoms with E-state index in [1.54, 1.807) is 0 Å². The zero-order chi connectivity index (χ0) is 12.9. The Hall–Kier alpha value is -0.220. The molecular formula is C15H23NO2S. The maximum Gasteiger partial charge on any atom is 0.223 e. The van der Waals surface area contributed by atoms with Gasteiger partial charge in [-0.15, -0.1) is 0 Å². The van der Waals surface area contributed by atoms with Crippen molar-refractivity contribution in [2.45, 2.75) is 56.6 Å². The number of carbonyl (C=O) groups is 1. The second-order valence-electron chi connectivity index (χ2n) is 7.07. The molecule has 1 amide bonds. The summed E-state index contributed by atoms with van der Waals surface area (Å²) in [5.74, 6) is 3.17. The first-order chi connectivity index (χ1) is 9.22. The maximum atomic E-state index is 12.4. The van der Waals surface area contributed by atoms with Crippen molar-refractivity contribution in [1.82, 2.24) is 5.32 Å². The fraction of sp³-hybridized carbons (Fsp3) is 0.933. The fourth-order valence-corrected chi connectivity index (χ4v) is 5.75. The zero-order valence-corrected chi connectivity index (χ0v) is 12.3. The van der Waals surface area contributed by atoms with Gasteiger partial charge in [0.2, 0.25) is 5.91 Å². The van der Waals surface area contributed by atoms with Gasteiger partial charge in [0.1, 0.15) is 0 Å². The molecule has 0 bridgehead atoms. The third kappa shape index (κ3) is 1.94. The molecular weight excluding hydrogens is 258 g/mol. The lowest BCUT2D eigenvalue weighted by Crippen LogP contribution is -2.56. The molecule has 0 radical (unpaired) electrons. The van der Waals surface area contributed by atoms with Gasteiger partial charge >= 0.3 is 0 Å². The lowest BCUT2D eigenvalue weighted by molar-refractivity contribution is -0.133. The molecule has 0 aromatic carbocycles. The van der Waals surface area contributed by atoms with Crippen molar-refractivity contribution in [3.05, 3.63) is 0 Å². The summed E-state index contributed by atoms with van der Waals surface area (Å²) in [4.78, 5) is 12.4. The number of amides is 1. The molecule has 19 heavy (non-hydrogen) atoms. The molecule has 1 N–H and O–H groups in total. The van der Waals surface area contributed by atoms with Crippen LogP contribution in [0.1, 0.15) is 44.9 Å². The molecule has 2 spiro atoms. The van der Waals surface area contributed by atoms with Gasteiger partial charge in [-0.3, -0.25) is 4.79 Å². The number of thioether (sulfide) groups is 1. The van der Waals surface area contributed by atoms with Gasteiger partial charge in [-0.25, -0.2) is 0 Å². The number of hydrogen-bond acceptors (Lipinski definition) is 3. The summed E-state index contributed by atoms with van der Waals surface area (Å²) in [6.45, 7) is 0.830. The van der Waals surface area contributed by atoms with E-state index in [4.69, 9.17) is 4.74 Å². The summed E-state index contributed by atoms with van der Waals surface area (Å²) in [7, 11) is 0. The van der Waals surface area contributed by atoms with Gasteiger partial charge in [0, 0.05) is 12.5 Å². The maximum absolute atomic E-state index is 12.4. The van der Waals surface area contributed by atoms with E-state index < -0.39 is 0 Å². The van der Waals surface area contributed by atoms with E-state index in [0.717, 1.165) is 38.7 Å². The van der Waals surface area contributed by atoms with Gasteiger partial charge in [0.05, 0.1) is 11.6 Å². The number of carbonyl (C=O) groups excluding carboxylic acids is 1. The van der Waals surface area contributed by atoms with Crippen molar-refractivity contribution in [1.29, 1.82) is 0 Å². The average Bonchev–Trinajstić information content (AvgIpc) is 2.87. The van der Waals surface area contributed by atoms with E-state index in [0.29, 0.717) is 17.2 Å². The van der Waals surface area contributed by atoms with E-state index in [-0.39, 0.29) is 11.6 Å².